The van der Waals surface area contributed by atoms with E-state index in [1.165, 1.54) is 0 Å². The molecule has 0 aromatic heterocycles. The summed E-state index contributed by atoms with van der Waals surface area (Å²) in [4.78, 5) is 0. The predicted octanol–water partition coefficient (Wildman–Crippen LogP) is 3.06. The fraction of sp³-hybridized carbons (Fsp3) is 1.00. The molecule has 0 amide bonds. The lowest BCUT2D eigenvalue weighted by Crippen LogP contribution is -2.44. The topological polar surface area (TPSA) is 12.0 Å². The largest absolute Gasteiger partial charge is 0.306 e. The van der Waals surface area contributed by atoms with Gasteiger partial charge in [-0.15, -0.1) is 0 Å². The SMILES string of the molecule is CC(C)(C)CC(C)(C)NCC(F)F. The van der Waals surface area contributed by atoms with E-state index >= 15 is 0 Å². The first-order chi connectivity index (χ1) is 5.62. The Labute approximate surface area is 79.9 Å². The molecule has 0 heterocycles. The van der Waals surface area contributed by atoms with Crippen LogP contribution < -0.4 is 5.32 Å². The minimum atomic E-state index is -2.26. The van der Waals surface area contributed by atoms with Gasteiger partial charge in [-0.2, -0.15) is 0 Å². The lowest BCUT2D eigenvalue weighted by molar-refractivity contribution is 0.124. The van der Waals surface area contributed by atoms with E-state index in [0.29, 0.717) is 0 Å². The van der Waals surface area contributed by atoms with Crippen molar-refractivity contribution >= 4 is 0 Å². The Bertz CT molecular complexity index is 147. The maximum absolute atomic E-state index is 11.9. The molecule has 0 spiro atoms. The van der Waals surface area contributed by atoms with E-state index < -0.39 is 6.43 Å². The summed E-state index contributed by atoms with van der Waals surface area (Å²) < 4.78 is 23.9. The summed E-state index contributed by atoms with van der Waals surface area (Å²) in [7, 11) is 0. The Morgan fingerprint density at radius 3 is 1.85 bits per heavy atom. The molecule has 0 fully saturated rings. The van der Waals surface area contributed by atoms with E-state index in [1.54, 1.807) is 0 Å². The third kappa shape index (κ3) is 8.16. The summed E-state index contributed by atoms with van der Waals surface area (Å²) in [5, 5.41) is 2.86. The fourth-order valence-electron chi connectivity index (χ4n) is 1.74. The van der Waals surface area contributed by atoms with Crippen LogP contribution in [0.25, 0.3) is 0 Å². The number of hydrogen-bond acceptors (Lipinski definition) is 1. The molecule has 0 aliphatic carbocycles. The molecule has 0 saturated carbocycles. The van der Waals surface area contributed by atoms with Crippen LogP contribution in [0, 0.1) is 5.41 Å². The average molecular weight is 193 g/mol. The first-order valence-electron chi connectivity index (χ1n) is 4.66. The normalized spacial score (nSPS) is 13.8. The van der Waals surface area contributed by atoms with Crippen molar-refractivity contribution in [1.82, 2.24) is 5.32 Å². The molecule has 0 aliphatic rings. The van der Waals surface area contributed by atoms with Gasteiger partial charge in [-0.05, 0) is 25.7 Å². The second-order valence-corrected chi connectivity index (χ2v) is 5.39. The third-order valence-corrected chi connectivity index (χ3v) is 1.71. The monoisotopic (exact) mass is 193 g/mol. The molecule has 0 aliphatic heterocycles. The minimum absolute atomic E-state index is 0.165. The Morgan fingerprint density at radius 1 is 1.08 bits per heavy atom. The van der Waals surface area contributed by atoms with Gasteiger partial charge in [0.05, 0.1) is 6.54 Å². The van der Waals surface area contributed by atoms with Crippen LogP contribution >= 0.6 is 0 Å². The van der Waals surface area contributed by atoms with Crippen molar-refractivity contribution in [2.24, 2.45) is 5.41 Å². The van der Waals surface area contributed by atoms with Gasteiger partial charge in [0.25, 0.3) is 6.43 Å². The smallest absolute Gasteiger partial charge is 0.250 e. The van der Waals surface area contributed by atoms with Crippen LogP contribution in [0.3, 0.4) is 0 Å². The summed E-state index contributed by atoms with van der Waals surface area (Å²) in [5.74, 6) is 0. The zero-order valence-corrected chi connectivity index (χ0v) is 9.25. The molecule has 0 radical (unpaired) electrons. The standard InChI is InChI=1S/C10H21F2N/c1-9(2,3)7-10(4,5)13-6-8(11)12/h8,13H,6-7H2,1-5H3. The maximum atomic E-state index is 11.9. The van der Waals surface area contributed by atoms with Crippen LogP contribution in [0.4, 0.5) is 8.78 Å². The molecule has 0 unspecified atom stereocenters. The van der Waals surface area contributed by atoms with Crippen LogP contribution in [0.15, 0.2) is 0 Å². The van der Waals surface area contributed by atoms with Crippen molar-refractivity contribution in [3.05, 3.63) is 0 Å². The molecule has 1 N–H and O–H groups in total. The first-order valence-corrected chi connectivity index (χ1v) is 4.66. The molecule has 0 rings (SSSR count). The molecule has 0 atom stereocenters. The van der Waals surface area contributed by atoms with Crippen LogP contribution in [0.5, 0.6) is 0 Å². The summed E-state index contributed by atoms with van der Waals surface area (Å²) in [6.45, 7) is 10.0. The first kappa shape index (κ1) is 12.8. The van der Waals surface area contributed by atoms with E-state index in [1.807, 2.05) is 13.8 Å². The molecule has 0 saturated heterocycles. The Morgan fingerprint density at radius 2 is 1.54 bits per heavy atom. The van der Waals surface area contributed by atoms with E-state index in [9.17, 15) is 8.78 Å². The molecule has 3 heteroatoms. The zero-order valence-electron chi connectivity index (χ0n) is 9.25. The third-order valence-electron chi connectivity index (χ3n) is 1.71. The quantitative estimate of drug-likeness (QED) is 0.723. The van der Waals surface area contributed by atoms with Crippen molar-refractivity contribution in [3.63, 3.8) is 0 Å². The van der Waals surface area contributed by atoms with Gasteiger partial charge in [-0.25, -0.2) is 8.78 Å². The van der Waals surface area contributed by atoms with Crippen LogP contribution in [-0.2, 0) is 0 Å². The van der Waals surface area contributed by atoms with E-state index in [2.05, 4.69) is 26.1 Å². The molecular weight excluding hydrogens is 172 g/mol. The lowest BCUT2D eigenvalue weighted by Gasteiger charge is -2.33. The summed E-state index contributed by atoms with van der Waals surface area (Å²) >= 11 is 0. The van der Waals surface area contributed by atoms with E-state index in [-0.39, 0.29) is 17.5 Å². The molecule has 1 nitrogen and oxygen atoms in total. The Kier molecular flexibility index (Phi) is 4.30. The fourth-order valence-corrected chi connectivity index (χ4v) is 1.74. The molecule has 13 heavy (non-hydrogen) atoms. The molecular formula is C10H21F2N. The summed E-state index contributed by atoms with van der Waals surface area (Å²) in [6, 6.07) is 0. The van der Waals surface area contributed by atoms with Crippen LogP contribution in [0.2, 0.25) is 0 Å². The highest BCUT2D eigenvalue weighted by Crippen LogP contribution is 2.26. The number of nitrogens with one attached hydrogen (secondary N) is 1. The van der Waals surface area contributed by atoms with Gasteiger partial charge < -0.3 is 5.32 Å². The van der Waals surface area contributed by atoms with E-state index in [4.69, 9.17) is 0 Å². The van der Waals surface area contributed by atoms with Crippen molar-refractivity contribution in [2.75, 3.05) is 6.54 Å². The van der Waals surface area contributed by atoms with Crippen molar-refractivity contribution in [1.29, 1.82) is 0 Å². The van der Waals surface area contributed by atoms with Crippen molar-refractivity contribution in [2.45, 2.75) is 53.0 Å². The molecule has 0 aromatic rings. The highest BCUT2D eigenvalue weighted by atomic mass is 19.3. The van der Waals surface area contributed by atoms with Gasteiger partial charge in [0, 0.05) is 5.54 Å². The predicted molar refractivity (Wildman–Crippen MR) is 52.2 cm³/mol. The van der Waals surface area contributed by atoms with Crippen molar-refractivity contribution in [3.8, 4) is 0 Å². The highest BCUT2D eigenvalue weighted by molar-refractivity contribution is 4.83. The van der Waals surface area contributed by atoms with Gasteiger partial charge in [0.15, 0.2) is 0 Å². The molecule has 0 aromatic carbocycles. The number of alkyl halides is 2. The maximum Gasteiger partial charge on any atom is 0.250 e. The lowest BCUT2D eigenvalue weighted by atomic mass is 9.82. The summed E-state index contributed by atoms with van der Waals surface area (Å²) in [6.07, 6.45) is -1.38. The van der Waals surface area contributed by atoms with Crippen molar-refractivity contribution < 1.29 is 8.78 Å². The van der Waals surface area contributed by atoms with Gasteiger partial charge in [-0.3, -0.25) is 0 Å². The molecule has 80 valence electrons. The average Bonchev–Trinajstić information content (AvgIpc) is 1.78. The Hall–Kier alpha value is -0.180. The van der Waals surface area contributed by atoms with Gasteiger partial charge in [-0.1, -0.05) is 20.8 Å². The second kappa shape index (κ2) is 4.36. The zero-order chi connectivity index (χ0) is 10.7. The minimum Gasteiger partial charge on any atom is -0.306 e. The number of rotatable bonds is 4. The highest BCUT2D eigenvalue weighted by Gasteiger charge is 2.25. The van der Waals surface area contributed by atoms with E-state index in [0.717, 1.165) is 6.42 Å². The second-order valence-electron chi connectivity index (χ2n) is 5.39. The van der Waals surface area contributed by atoms with Gasteiger partial charge >= 0.3 is 0 Å². The molecule has 0 bridgehead atoms. The van der Waals surface area contributed by atoms with Crippen LogP contribution in [-0.4, -0.2) is 18.5 Å². The number of halogens is 2. The van der Waals surface area contributed by atoms with Gasteiger partial charge in [0.2, 0.25) is 0 Å². The Balaban J connectivity index is 3.94. The van der Waals surface area contributed by atoms with Crippen LogP contribution in [0.1, 0.15) is 41.0 Å². The van der Waals surface area contributed by atoms with Gasteiger partial charge in [0.1, 0.15) is 0 Å². The number of hydrogen-bond donors (Lipinski definition) is 1. The summed E-state index contributed by atoms with van der Waals surface area (Å²) in [5.41, 5.74) is -0.0483.